The van der Waals surface area contributed by atoms with Crippen molar-refractivity contribution in [3.63, 3.8) is 0 Å². The second-order valence-electron chi connectivity index (χ2n) is 3.22. The molecule has 0 radical (unpaired) electrons. The average molecular weight is 375 g/mol. The normalized spacial score (nSPS) is 14.7. The van der Waals surface area contributed by atoms with Gasteiger partial charge in [0.2, 0.25) is 0 Å². The molecule has 0 atom stereocenters. The van der Waals surface area contributed by atoms with Gasteiger partial charge in [-0.05, 0) is 0 Å². The van der Waals surface area contributed by atoms with Gasteiger partial charge in [0, 0.05) is 0 Å². The summed E-state index contributed by atoms with van der Waals surface area (Å²) in [7, 11) is 0. The summed E-state index contributed by atoms with van der Waals surface area (Å²) in [6.45, 7) is 2.00. The van der Waals surface area contributed by atoms with Gasteiger partial charge in [-0.25, -0.2) is 0 Å². The molecule has 0 aliphatic heterocycles. The van der Waals surface area contributed by atoms with Gasteiger partial charge in [-0.1, -0.05) is 0 Å². The Labute approximate surface area is 89.8 Å². The van der Waals surface area contributed by atoms with Crippen LogP contribution >= 0.6 is 0 Å². The molecule has 3 nitrogen and oxygen atoms in total. The maximum absolute atomic E-state index is 10.7. The Bertz CT molecular complexity index is 529. The van der Waals surface area contributed by atoms with Crippen LogP contribution in [0.25, 0.3) is 0 Å². The first kappa shape index (κ1) is 12.0. The molecule has 1 aliphatic carbocycles. The van der Waals surface area contributed by atoms with Gasteiger partial charge >= 0.3 is 89.7 Å². The third-order valence-electron chi connectivity index (χ3n) is 2.34. The summed E-state index contributed by atoms with van der Waals surface area (Å²) in [6.07, 6.45) is 5.54. The molecule has 0 aromatic heterocycles. The number of hydrogen-bond acceptors (Lipinski definition) is 3. The van der Waals surface area contributed by atoms with Crippen molar-refractivity contribution in [1.82, 2.24) is 0 Å². The predicted octanol–water partition coefficient (Wildman–Crippen LogP) is 1.43. The van der Waals surface area contributed by atoms with E-state index in [0.29, 0.717) is 0 Å². The fraction of sp³-hybridized carbons (Fsp3) is 0.364. The predicted molar refractivity (Wildman–Crippen MR) is 53.0 cm³/mol. The maximum atomic E-state index is 10.7. The van der Waals surface area contributed by atoms with Crippen molar-refractivity contribution in [3.05, 3.63) is 23.3 Å². The van der Waals surface area contributed by atoms with E-state index >= 15 is 0 Å². The summed E-state index contributed by atoms with van der Waals surface area (Å²) >= 11 is -4.11. The summed E-state index contributed by atoms with van der Waals surface area (Å²) in [4.78, 5) is 32.3. The van der Waals surface area contributed by atoms with Crippen molar-refractivity contribution >= 4 is 12.8 Å². The molecule has 15 heavy (non-hydrogen) atoms. The van der Waals surface area contributed by atoms with Crippen LogP contribution in [-0.4, -0.2) is 12.8 Å². The van der Waals surface area contributed by atoms with Crippen LogP contribution in [0, 0.1) is 0 Å². The summed E-state index contributed by atoms with van der Waals surface area (Å²) in [5, 5.41) is 0. The number of carbonyl (C=O) groups excluding carboxylic acids is 3. The molecule has 1 aliphatic rings. The topological polar surface area (TPSA) is 51.2 Å². The molecule has 79 valence electrons. The zero-order valence-electron chi connectivity index (χ0n) is 8.41. The van der Waals surface area contributed by atoms with Crippen LogP contribution in [0.5, 0.6) is 0 Å². The van der Waals surface area contributed by atoms with Gasteiger partial charge in [-0.2, -0.15) is 0 Å². The van der Waals surface area contributed by atoms with Crippen molar-refractivity contribution in [3.8, 4) is 0 Å². The molecule has 0 aromatic carbocycles. The first-order valence-electron chi connectivity index (χ1n) is 4.56. The third-order valence-corrected chi connectivity index (χ3v) is 8.21. The first-order valence-corrected chi connectivity index (χ1v) is 11.0. The van der Waals surface area contributed by atoms with E-state index in [1.54, 1.807) is 12.8 Å². The van der Waals surface area contributed by atoms with Gasteiger partial charge in [-0.15, -0.1) is 0 Å². The minimum absolute atomic E-state index is 0.264. The van der Waals surface area contributed by atoms with Crippen molar-refractivity contribution < 1.29 is 29.1 Å². The molecule has 0 fully saturated rings. The van der Waals surface area contributed by atoms with Gasteiger partial charge < -0.3 is 0 Å². The average Bonchev–Trinajstić information content (AvgIpc) is 2.73. The molecule has 4 heteroatoms. The van der Waals surface area contributed by atoms with Crippen LogP contribution in [0.3, 0.4) is 0 Å². The number of allylic oxidation sites excluding steroid dienone is 4. The van der Waals surface area contributed by atoms with E-state index < -0.39 is 14.7 Å². The van der Waals surface area contributed by atoms with E-state index in [-0.39, 0.29) is 4.81 Å². The minimum atomic E-state index is -4.11. The molecule has 1 rings (SSSR count). The van der Waals surface area contributed by atoms with E-state index in [1.165, 1.54) is 0 Å². The molecule has 0 bridgehead atoms. The van der Waals surface area contributed by atoms with Crippen molar-refractivity contribution in [2.24, 2.45) is 0 Å². The Balaban J connectivity index is 3.27. The molecule has 0 aromatic rings. The molecule has 0 unspecified atom stereocenters. The van der Waals surface area contributed by atoms with Gasteiger partial charge in [0.05, 0.1) is 0 Å². The third kappa shape index (κ3) is 2.48. The SMILES string of the molecule is CCC1=C([CH2][W](=[C]=O)(=[C]=O)=[C]=O)CC=C1. The van der Waals surface area contributed by atoms with Gasteiger partial charge in [0.1, 0.15) is 0 Å². The fourth-order valence-corrected chi connectivity index (χ4v) is 5.48. The zero-order chi connectivity index (χ0) is 11.3. The first-order chi connectivity index (χ1) is 7.21. The van der Waals surface area contributed by atoms with Crippen LogP contribution in [0.1, 0.15) is 19.8 Å². The standard InChI is InChI=1S/C8H11.3CO.W/c1-3-8-6-4-5-7(8)2;3*1-2;/h4,6H,2-3,5H2,1H3;;;;. The Kier molecular flexibility index (Phi) is 4.09. The van der Waals surface area contributed by atoms with E-state index in [9.17, 15) is 14.4 Å². The van der Waals surface area contributed by atoms with E-state index in [0.717, 1.165) is 24.0 Å². The van der Waals surface area contributed by atoms with Crippen LogP contribution in [0.15, 0.2) is 23.3 Å². The van der Waals surface area contributed by atoms with E-state index in [2.05, 4.69) is 0 Å². The van der Waals surface area contributed by atoms with Gasteiger partial charge in [0.15, 0.2) is 0 Å². The summed E-state index contributed by atoms with van der Waals surface area (Å²) in [5.74, 6) is 0. The Morgan fingerprint density at radius 1 is 1.27 bits per heavy atom. The molecular weight excluding hydrogens is 364 g/mol. The van der Waals surface area contributed by atoms with Crippen LogP contribution in [-0.2, 0) is 29.1 Å². The van der Waals surface area contributed by atoms with Gasteiger partial charge in [-0.3, -0.25) is 0 Å². The Morgan fingerprint density at radius 2 is 1.87 bits per heavy atom. The fourth-order valence-electron chi connectivity index (χ4n) is 1.51. The van der Waals surface area contributed by atoms with Crippen molar-refractivity contribution in [1.29, 1.82) is 0 Å². The molecule has 0 spiro atoms. The second kappa shape index (κ2) is 5.12. The second-order valence-corrected chi connectivity index (χ2v) is 11.4. The number of hydrogen-bond donors (Lipinski definition) is 0. The molecular formula is C11H11O3W. The quantitative estimate of drug-likeness (QED) is 0.750. The van der Waals surface area contributed by atoms with Crippen LogP contribution < -0.4 is 0 Å². The van der Waals surface area contributed by atoms with Crippen LogP contribution in [0.2, 0.25) is 4.81 Å². The molecule has 0 saturated heterocycles. The zero-order valence-corrected chi connectivity index (χ0v) is 11.3. The van der Waals surface area contributed by atoms with Crippen LogP contribution in [0.4, 0.5) is 0 Å². The molecule has 0 amide bonds. The monoisotopic (exact) mass is 375 g/mol. The summed E-state index contributed by atoms with van der Waals surface area (Å²) in [6, 6.07) is 0. The summed E-state index contributed by atoms with van der Waals surface area (Å²) in [5.41, 5.74) is 2.14. The summed E-state index contributed by atoms with van der Waals surface area (Å²) < 4.78 is 4.91. The Hall–Kier alpha value is -1.09. The molecule has 0 saturated carbocycles. The van der Waals surface area contributed by atoms with E-state index in [4.69, 9.17) is 0 Å². The number of rotatable bonds is 3. The van der Waals surface area contributed by atoms with Gasteiger partial charge in [0.25, 0.3) is 0 Å². The Morgan fingerprint density at radius 3 is 2.33 bits per heavy atom. The van der Waals surface area contributed by atoms with E-state index in [1.807, 2.05) is 19.1 Å². The molecule has 0 heterocycles. The van der Waals surface area contributed by atoms with Crippen molar-refractivity contribution in [2.75, 3.05) is 0 Å². The van der Waals surface area contributed by atoms with Crippen molar-refractivity contribution in [2.45, 2.75) is 24.6 Å². The molecule has 0 N–H and O–H groups in total.